The van der Waals surface area contributed by atoms with Crippen molar-refractivity contribution in [1.29, 1.82) is 0 Å². The SMILES string of the molecule is CCOC(=O)C1=C(CN2CCOC(CCC=O)C2)NC(c2nccs2)=NC1c1ccc(F)cc1Br. The van der Waals surface area contributed by atoms with Crippen LogP contribution >= 0.6 is 27.3 Å². The topological polar surface area (TPSA) is 93.1 Å². The lowest BCUT2D eigenvalue weighted by molar-refractivity contribution is -0.139. The van der Waals surface area contributed by atoms with Gasteiger partial charge in [0.15, 0.2) is 10.8 Å². The van der Waals surface area contributed by atoms with E-state index < -0.39 is 17.8 Å². The Hall–Kier alpha value is -2.47. The van der Waals surface area contributed by atoms with Crippen LogP contribution in [0.3, 0.4) is 0 Å². The second-order valence-corrected chi connectivity index (χ2v) is 9.84. The van der Waals surface area contributed by atoms with Crippen LogP contribution in [-0.4, -0.2) is 66.9 Å². The number of thiazole rings is 1. The zero-order valence-electron chi connectivity index (χ0n) is 19.2. The number of aliphatic imine (C=N–C) groups is 1. The molecule has 1 aromatic heterocycles. The van der Waals surface area contributed by atoms with Crippen molar-refractivity contribution < 1.29 is 23.5 Å². The Kier molecular flexibility index (Phi) is 8.77. The lowest BCUT2D eigenvalue weighted by Gasteiger charge is -2.35. The average molecular weight is 565 g/mol. The van der Waals surface area contributed by atoms with E-state index in [4.69, 9.17) is 14.5 Å². The first-order chi connectivity index (χ1) is 17.0. The van der Waals surface area contributed by atoms with Gasteiger partial charge >= 0.3 is 5.97 Å². The minimum absolute atomic E-state index is 0.0571. The summed E-state index contributed by atoms with van der Waals surface area (Å²) in [5.74, 6) is -0.339. The van der Waals surface area contributed by atoms with Crippen LogP contribution < -0.4 is 5.32 Å². The van der Waals surface area contributed by atoms with Crippen molar-refractivity contribution in [3.8, 4) is 0 Å². The number of hydrogen-bond donors (Lipinski definition) is 1. The van der Waals surface area contributed by atoms with E-state index in [-0.39, 0.29) is 12.7 Å². The third-order valence-corrected chi connectivity index (χ3v) is 7.19. The smallest absolute Gasteiger partial charge is 0.338 e. The average Bonchev–Trinajstić information content (AvgIpc) is 3.38. The molecule has 2 atom stereocenters. The van der Waals surface area contributed by atoms with Crippen molar-refractivity contribution in [3.63, 3.8) is 0 Å². The molecule has 35 heavy (non-hydrogen) atoms. The van der Waals surface area contributed by atoms with Gasteiger partial charge in [-0.15, -0.1) is 11.3 Å². The summed E-state index contributed by atoms with van der Waals surface area (Å²) in [7, 11) is 0. The van der Waals surface area contributed by atoms with Gasteiger partial charge in [-0.05, 0) is 31.0 Å². The molecule has 0 saturated carbocycles. The highest BCUT2D eigenvalue weighted by molar-refractivity contribution is 9.10. The Morgan fingerprint density at radius 2 is 2.31 bits per heavy atom. The van der Waals surface area contributed by atoms with Crippen LogP contribution in [0.2, 0.25) is 0 Å². The van der Waals surface area contributed by atoms with E-state index in [1.54, 1.807) is 19.2 Å². The van der Waals surface area contributed by atoms with Gasteiger partial charge in [-0.25, -0.2) is 14.2 Å². The number of benzene rings is 1. The van der Waals surface area contributed by atoms with E-state index >= 15 is 0 Å². The van der Waals surface area contributed by atoms with Crippen LogP contribution in [0.15, 0.2) is 50.5 Å². The normalized spacial score (nSPS) is 20.8. The number of rotatable bonds is 9. The Balaban J connectivity index is 1.74. The number of esters is 1. The number of halogens is 2. The summed E-state index contributed by atoms with van der Waals surface area (Å²) in [6, 6.07) is 3.62. The predicted molar refractivity (Wildman–Crippen MR) is 134 cm³/mol. The van der Waals surface area contributed by atoms with Gasteiger partial charge in [0, 0.05) is 47.8 Å². The molecule has 0 amide bonds. The van der Waals surface area contributed by atoms with E-state index in [9.17, 15) is 14.0 Å². The first kappa shape index (κ1) is 25.6. The van der Waals surface area contributed by atoms with Crippen molar-refractivity contribution in [3.05, 3.63) is 61.9 Å². The number of hydrogen-bond acceptors (Lipinski definition) is 9. The van der Waals surface area contributed by atoms with Crippen LogP contribution in [0, 0.1) is 5.82 Å². The monoisotopic (exact) mass is 564 g/mol. The van der Waals surface area contributed by atoms with Crippen LogP contribution in [0.25, 0.3) is 0 Å². The van der Waals surface area contributed by atoms with E-state index in [1.807, 2.05) is 5.38 Å². The lowest BCUT2D eigenvalue weighted by Crippen LogP contribution is -2.46. The van der Waals surface area contributed by atoms with Crippen LogP contribution in [0.1, 0.15) is 36.4 Å². The Morgan fingerprint density at radius 1 is 1.46 bits per heavy atom. The molecule has 0 spiro atoms. The van der Waals surface area contributed by atoms with Crippen molar-refractivity contribution >= 4 is 45.4 Å². The van der Waals surface area contributed by atoms with Gasteiger partial charge in [-0.1, -0.05) is 22.0 Å². The molecule has 11 heteroatoms. The van der Waals surface area contributed by atoms with E-state index in [0.29, 0.717) is 71.2 Å². The van der Waals surface area contributed by atoms with Crippen molar-refractivity contribution in [2.75, 3.05) is 32.8 Å². The summed E-state index contributed by atoms with van der Waals surface area (Å²) in [6.45, 7) is 4.22. The molecule has 8 nitrogen and oxygen atoms in total. The molecule has 1 fully saturated rings. The third kappa shape index (κ3) is 6.21. The van der Waals surface area contributed by atoms with E-state index in [0.717, 1.165) is 6.29 Å². The van der Waals surface area contributed by atoms with Gasteiger partial charge in [-0.2, -0.15) is 0 Å². The molecule has 2 unspecified atom stereocenters. The van der Waals surface area contributed by atoms with E-state index in [2.05, 4.69) is 31.1 Å². The molecule has 2 aromatic rings. The summed E-state index contributed by atoms with van der Waals surface area (Å²) in [5, 5.41) is 5.86. The van der Waals surface area contributed by atoms with E-state index in [1.165, 1.54) is 23.5 Å². The standard InChI is InChI=1S/C24H26BrFN4O4S/c1-2-33-24(32)20-19(14-30-8-10-34-16(13-30)4-3-9-31)28-22(23-27-7-11-35-23)29-21(20)17-6-5-15(26)12-18(17)25/h5-7,9,11-12,16,21H,2-4,8,10,13-14H2,1H3,(H,28,29). The van der Waals surface area contributed by atoms with Gasteiger partial charge in [0.05, 0.1) is 24.9 Å². The number of nitrogens with one attached hydrogen (secondary N) is 1. The number of carbonyl (C=O) groups excluding carboxylic acids is 2. The number of ether oxygens (including phenoxy) is 2. The Bertz CT molecular complexity index is 1120. The minimum atomic E-state index is -0.717. The maximum atomic E-state index is 13.9. The summed E-state index contributed by atoms with van der Waals surface area (Å²) in [4.78, 5) is 35.4. The maximum absolute atomic E-state index is 13.9. The third-order valence-electron chi connectivity index (χ3n) is 5.72. The fourth-order valence-corrected chi connectivity index (χ4v) is 5.30. The summed E-state index contributed by atoms with van der Waals surface area (Å²) in [6.07, 6.45) is 3.62. The van der Waals surface area contributed by atoms with Crippen LogP contribution in [0.5, 0.6) is 0 Å². The quantitative estimate of drug-likeness (QED) is 0.367. The molecule has 186 valence electrons. The molecule has 3 heterocycles. The zero-order valence-corrected chi connectivity index (χ0v) is 21.6. The molecule has 2 aliphatic heterocycles. The molecule has 4 rings (SSSR count). The first-order valence-corrected chi connectivity index (χ1v) is 13.0. The lowest BCUT2D eigenvalue weighted by atomic mass is 9.95. The van der Waals surface area contributed by atoms with Crippen molar-refractivity contribution in [1.82, 2.24) is 15.2 Å². The fraction of sp³-hybridized carbons (Fsp3) is 0.417. The molecule has 0 radical (unpaired) electrons. The minimum Gasteiger partial charge on any atom is -0.463 e. The molecule has 1 N–H and O–H groups in total. The Labute approximate surface area is 215 Å². The fourth-order valence-electron chi connectivity index (χ4n) is 4.14. The number of nitrogens with zero attached hydrogens (tertiary/aromatic N) is 3. The molecular formula is C24H26BrFN4O4S. The molecule has 1 saturated heterocycles. The van der Waals surface area contributed by atoms with Crippen LogP contribution in [-0.2, 0) is 19.1 Å². The van der Waals surface area contributed by atoms with Gasteiger partial charge in [0.25, 0.3) is 0 Å². The van der Waals surface area contributed by atoms with Crippen molar-refractivity contribution in [2.24, 2.45) is 4.99 Å². The van der Waals surface area contributed by atoms with Gasteiger partial charge < -0.3 is 19.6 Å². The number of amidine groups is 1. The highest BCUT2D eigenvalue weighted by Crippen LogP contribution is 2.37. The molecule has 0 aliphatic carbocycles. The highest BCUT2D eigenvalue weighted by atomic mass is 79.9. The highest BCUT2D eigenvalue weighted by Gasteiger charge is 2.35. The van der Waals surface area contributed by atoms with Crippen LogP contribution in [0.4, 0.5) is 4.39 Å². The number of morpholine rings is 1. The second-order valence-electron chi connectivity index (χ2n) is 8.09. The van der Waals surface area contributed by atoms with Gasteiger partial charge in [0.2, 0.25) is 0 Å². The zero-order chi connectivity index (χ0) is 24.8. The largest absolute Gasteiger partial charge is 0.463 e. The van der Waals surface area contributed by atoms with Gasteiger partial charge in [-0.3, -0.25) is 9.89 Å². The number of aldehydes is 1. The second kappa shape index (κ2) is 12.0. The first-order valence-electron chi connectivity index (χ1n) is 11.4. The summed E-state index contributed by atoms with van der Waals surface area (Å²) in [5.41, 5.74) is 1.67. The molecule has 0 bridgehead atoms. The van der Waals surface area contributed by atoms with Gasteiger partial charge in [0.1, 0.15) is 18.1 Å². The Morgan fingerprint density at radius 3 is 3.03 bits per heavy atom. The summed E-state index contributed by atoms with van der Waals surface area (Å²) < 4.78 is 25.6. The molecule has 2 aliphatic rings. The number of aromatic nitrogens is 1. The molecule has 1 aromatic carbocycles. The molecular weight excluding hydrogens is 539 g/mol. The summed E-state index contributed by atoms with van der Waals surface area (Å²) >= 11 is 4.87. The maximum Gasteiger partial charge on any atom is 0.338 e. The van der Waals surface area contributed by atoms with Crippen molar-refractivity contribution in [2.45, 2.75) is 31.9 Å². The number of carbonyl (C=O) groups is 2. The predicted octanol–water partition coefficient (Wildman–Crippen LogP) is 3.63.